The Bertz CT molecular complexity index is 125. The van der Waals surface area contributed by atoms with E-state index in [9.17, 15) is 0 Å². The van der Waals surface area contributed by atoms with Crippen LogP contribution in [0.5, 0.6) is 0 Å². The molecule has 3 N–H and O–H groups in total. The van der Waals surface area contributed by atoms with Crippen molar-refractivity contribution in [3.63, 3.8) is 0 Å². The summed E-state index contributed by atoms with van der Waals surface area (Å²) in [4.78, 5) is 2.14. The first-order valence-electron chi connectivity index (χ1n) is 4.87. The van der Waals surface area contributed by atoms with Gasteiger partial charge in [0.1, 0.15) is 0 Å². The van der Waals surface area contributed by atoms with Gasteiger partial charge in [0.25, 0.3) is 0 Å². The molecule has 0 rings (SSSR count). The van der Waals surface area contributed by atoms with E-state index in [0.29, 0.717) is 6.54 Å². The third-order valence-electron chi connectivity index (χ3n) is 1.94. The number of hydrogen-bond donors (Lipinski definition) is 3. The zero-order valence-corrected chi connectivity index (χ0v) is 9.07. The first-order valence-corrected chi connectivity index (χ1v) is 4.87. The van der Waals surface area contributed by atoms with Crippen LogP contribution in [0.15, 0.2) is 0 Å². The van der Waals surface area contributed by atoms with Crippen LogP contribution in [0.25, 0.3) is 0 Å². The lowest BCUT2D eigenvalue weighted by Crippen LogP contribution is -2.36. The van der Waals surface area contributed by atoms with Crippen molar-refractivity contribution in [2.45, 2.75) is 6.10 Å². The van der Waals surface area contributed by atoms with Crippen LogP contribution in [0.2, 0.25) is 0 Å². The number of nitrogens with zero attached hydrogens (tertiary/aromatic N) is 1. The Hall–Kier alpha value is -0.200. The summed E-state index contributed by atoms with van der Waals surface area (Å²) < 4.78 is 4.94. The van der Waals surface area contributed by atoms with Gasteiger partial charge in [-0.05, 0) is 7.05 Å². The standard InChI is InChI=1S/C9H22N2O3/c1-11(5-6-14-2)4-3-10-7-9(13)8-12/h9-10,12-13H,3-8H2,1-2H3. The van der Waals surface area contributed by atoms with Gasteiger partial charge in [-0.2, -0.15) is 0 Å². The predicted molar refractivity (Wildman–Crippen MR) is 55.3 cm³/mol. The van der Waals surface area contributed by atoms with Crippen molar-refractivity contribution in [1.82, 2.24) is 10.2 Å². The molecule has 0 spiro atoms. The lowest BCUT2D eigenvalue weighted by atomic mass is 10.4. The predicted octanol–water partition coefficient (Wildman–Crippen LogP) is -1.49. The van der Waals surface area contributed by atoms with Crippen molar-refractivity contribution in [2.75, 3.05) is 53.6 Å². The molecule has 0 amide bonds. The van der Waals surface area contributed by atoms with E-state index in [1.165, 1.54) is 0 Å². The van der Waals surface area contributed by atoms with Crippen LogP contribution >= 0.6 is 0 Å². The SMILES string of the molecule is COCCN(C)CCNCC(O)CO. The number of aliphatic hydroxyl groups excluding tert-OH is 2. The lowest BCUT2D eigenvalue weighted by molar-refractivity contribution is 0.0936. The maximum absolute atomic E-state index is 9.02. The van der Waals surface area contributed by atoms with Gasteiger partial charge in [-0.15, -0.1) is 0 Å². The number of nitrogens with one attached hydrogen (secondary N) is 1. The Morgan fingerprint density at radius 1 is 1.43 bits per heavy atom. The number of ether oxygens (including phenoxy) is 1. The maximum Gasteiger partial charge on any atom is 0.0894 e. The molecule has 0 aliphatic carbocycles. The van der Waals surface area contributed by atoms with Crippen molar-refractivity contribution in [1.29, 1.82) is 0 Å². The summed E-state index contributed by atoms with van der Waals surface area (Å²) in [6.07, 6.45) is -0.653. The minimum Gasteiger partial charge on any atom is -0.394 e. The van der Waals surface area contributed by atoms with E-state index >= 15 is 0 Å². The molecular formula is C9H22N2O3. The number of hydrogen-bond acceptors (Lipinski definition) is 5. The highest BCUT2D eigenvalue weighted by atomic mass is 16.5. The second-order valence-corrected chi connectivity index (χ2v) is 3.34. The van der Waals surface area contributed by atoms with Crippen LogP contribution in [-0.4, -0.2) is 74.8 Å². The van der Waals surface area contributed by atoms with Gasteiger partial charge in [-0.1, -0.05) is 0 Å². The Morgan fingerprint density at radius 2 is 2.14 bits per heavy atom. The van der Waals surface area contributed by atoms with Gasteiger partial charge in [0.05, 0.1) is 19.3 Å². The molecular weight excluding hydrogens is 184 g/mol. The fourth-order valence-electron chi connectivity index (χ4n) is 0.962. The van der Waals surface area contributed by atoms with Gasteiger partial charge in [-0.3, -0.25) is 0 Å². The Labute approximate surface area is 85.7 Å². The molecule has 5 nitrogen and oxygen atoms in total. The smallest absolute Gasteiger partial charge is 0.0894 e. The highest BCUT2D eigenvalue weighted by molar-refractivity contribution is 4.59. The summed E-state index contributed by atoms with van der Waals surface area (Å²) in [5.41, 5.74) is 0. The lowest BCUT2D eigenvalue weighted by Gasteiger charge is -2.16. The quantitative estimate of drug-likeness (QED) is 0.401. The average Bonchev–Trinajstić information content (AvgIpc) is 2.21. The molecule has 1 atom stereocenters. The van der Waals surface area contributed by atoms with Crippen molar-refractivity contribution < 1.29 is 14.9 Å². The molecule has 0 saturated carbocycles. The molecule has 0 aliphatic rings. The Balaban J connectivity index is 3.18. The largest absolute Gasteiger partial charge is 0.394 e. The van der Waals surface area contributed by atoms with Crippen molar-refractivity contribution >= 4 is 0 Å². The summed E-state index contributed by atoms with van der Waals surface area (Å²) in [6.45, 7) is 3.59. The minimum atomic E-state index is -0.653. The normalized spacial score (nSPS) is 13.5. The van der Waals surface area contributed by atoms with E-state index in [4.69, 9.17) is 14.9 Å². The first-order chi connectivity index (χ1) is 6.70. The van der Waals surface area contributed by atoms with E-state index in [0.717, 1.165) is 26.2 Å². The molecule has 0 aromatic carbocycles. The van der Waals surface area contributed by atoms with E-state index in [1.54, 1.807) is 7.11 Å². The van der Waals surface area contributed by atoms with Gasteiger partial charge in [-0.25, -0.2) is 0 Å². The zero-order chi connectivity index (χ0) is 10.8. The first kappa shape index (κ1) is 13.8. The van der Waals surface area contributed by atoms with Crippen LogP contribution < -0.4 is 5.32 Å². The van der Waals surface area contributed by atoms with Crippen LogP contribution in [-0.2, 0) is 4.74 Å². The van der Waals surface area contributed by atoms with Crippen molar-refractivity contribution in [2.24, 2.45) is 0 Å². The topological polar surface area (TPSA) is 65.0 Å². The van der Waals surface area contributed by atoms with E-state index < -0.39 is 6.10 Å². The number of likely N-dealkylation sites (N-methyl/N-ethyl adjacent to an activating group) is 1. The van der Waals surface area contributed by atoms with Gasteiger partial charge < -0.3 is 25.2 Å². The third kappa shape index (κ3) is 8.40. The molecule has 0 radical (unpaired) electrons. The second-order valence-electron chi connectivity index (χ2n) is 3.34. The van der Waals surface area contributed by atoms with Crippen LogP contribution in [0, 0.1) is 0 Å². The highest BCUT2D eigenvalue weighted by Crippen LogP contribution is 1.81. The van der Waals surface area contributed by atoms with E-state index in [2.05, 4.69) is 10.2 Å². The molecule has 0 aromatic rings. The third-order valence-corrected chi connectivity index (χ3v) is 1.94. The summed E-state index contributed by atoms with van der Waals surface area (Å²) in [5.74, 6) is 0. The molecule has 0 heterocycles. The summed E-state index contributed by atoms with van der Waals surface area (Å²) >= 11 is 0. The molecule has 0 fully saturated rings. The molecule has 0 saturated heterocycles. The zero-order valence-electron chi connectivity index (χ0n) is 9.07. The fourth-order valence-corrected chi connectivity index (χ4v) is 0.962. The number of rotatable bonds is 9. The monoisotopic (exact) mass is 206 g/mol. The van der Waals surface area contributed by atoms with Gasteiger partial charge in [0, 0.05) is 33.3 Å². The minimum absolute atomic E-state index is 0.188. The molecule has 0 bridgehead atoms. The fraction of sp³-hybridized carbons (Fsp3) is 1.00. The van der Waals surface area contributed by atoms with E-state index in [-0.39, 0.29) is 6.61 Å². The van der Waals surface area contributed by atoms with Crippen molar-refractivity contribution in [3.8, 4) is 0 Å². The highest BCUT2D eigenvalue weighted by Gasteiger charge is 2.01. The molecule has 86 valence electrons. The molecule has 0 aromatic heterocycles. The van der Waals surface area contributed by atoms with Crippen molar-refractivity contribution in [3.05, 3.63) is 0 Å². The van der Waals surface area contributed by atoms with E-state index in [1.807, 2.05) is 7.05 Å². The molecule has 14 heavy (non-hydrogen) atoms. The Morgan fingerprint density at radius 3 is 2.71 bits per heavy atom. The maximum atomic E-state index is 9.02. The molecule has 1 unspecified atom stereocenters. The second kappa shape index (κ2) is 9.36. The Kier molecular flexibility index (Phi) is 9.23. The molecule has 0 aliphatic heterocycles. The molecule has 5 heteroatoms. The summed E-state index contributed by atoms with van der Waals surface area (Å²) in [5, 5.41) is 20.6. The summed E-state index contributed by atoms with van der Waals surface area (Å²) in [6, 6.07) is 0. The average molecular weight is 206 g/mol. The van der Waals surface area contributed by atoms with Crippen LogP contribution in [0.1, 0.15) is 0 Å². The van der Waals surface area contributed by atoms with Gasteiger partial charge in [0.2, 0.25) is 0 Å². The van der Waals surface area contributed by atoms with Gasteiger partial charge >= 0.3 is 0 Å². The van der Waals surface area contributed by atoms with Crippen LogP contribution in [0.3, 0.4) is 0 Å². The number of methoxy groups -OCH3 is 1. The van der Waals surface area contributed by atoms with Crippen LogP contribution in [0.4, 0.5) is 0 Å². The van der Waals surface area contributed by atoms with Gasteiger partial charge in [0.15, 0.2) is 0 Å². The number of aliphatic hydroxyl groups is 2. The summed E-state index contributed by atoms with van der Waals surface area (Å²) in [7, 11) is 3.70.